The molecule has 9 heteroatoms. The summed E-state index contributed by atoms with van der Waals surface area (Å²) in [7, 11) is 0. The summed E-state index contributed by atoms with van der Waals surface area (Å²) >= 11 is 0. The Hall–Kier alpha value is -3.49. The molecule has 3 heterocycles. The SMILES string of the molecule is Cc1ccc(-c2ncccn2)c(C(=O)N2[C@H](CNc3cc(C(F)(F)F)ccn3)CC[C@@H]3C[C@@H]32)c1. The molecule has 1 aromatic carbocycles. The Labute approximate surface area is 195 Å². The van der Waals surface area contributed by atoms with Crippen molar-refractivity contribution in [2.75, 3.05) is 11.9 Å². The van der Waals surface area contributed by atoms with Crippen LogP contribution in [0.1, 0.15) is 40.7 Å². The molecule has 34 heavy (non-hydrogen) atoms. The van der Waals surface area contributed by atoms with E-state index in [1.54, 1.807) is 18.5 Å². The molecule has 0 unspecified atom stereocenters. The third kappa shape index (κ3) is 4.47. The number of alkyl halides is 3. The van der Waals surface area contributed by atoms with Gasteiger partial charge in [0.25, 0.3) is 5.91 Å². The number of fused-ring (bicyclic) bond motifs is 1. The summed E-state index contributed by atoms with van der Waals surface area (Å²) in [6.07, 6.45) is 2.72. The molecule has 1 aliphatic carbocycles. The average Bonchev–Trinajstić information content (AvgIpc) is 3.62. The minimum absolute atomic E-state index is 0.0952. The molecule has 1 N–H and O–H groups in total. The van der Waals surface area contributed by atoms with Crippen molar-refractivity contribution < 1.29 is 18.0 Å². The molecule has 2 fully saturated rings. The number of amides is 1. The van der Waals surface area contributed by atoms with E-state index in [-0.39, 0.29) is 23.8 Å². The number of carbonyl (C=O) groups excluding carboxylic acids is 1. The van der Waals surface area contributed by atoms with Gasteiger partial charge in [-0.15, -0.1) is 0 Å². The van der Waals surface area contributed by atoms with E-state index in [1.165, 1.54) is 0 Å². The first-order valence-electron chi connectivity index (χ1n) is 11.3. The van der Waals surface area contributed by atoms with Crippen molar-refractivity contribution in [2.24, 2.45) is 5.92 Å². The maximum atomic E-state index is 13.9. The molecule has 0 radical (unpaired) electrons. The van der Waals surface area contributed by atoms with Gasteiger partial charge in [0.05, 0.1) is 11.1 Å². The smallest absolute Gasteiger partial charge is 0.368 e. The van der Waals surface area contributed by atoms with Gasteiger partial charge in [-0.25, -0.2) is 15.0 Å². The lowest BCUT2D eigenvalue weighted by atomic mass is 9.97. The zero-order chi connectivity index (χ0) is 23.9. The standard InChI is InChI=1S/C25H24F3N5O/c1-15-3-6-19(23-30-8-2-9-31-23)20(11-15)24(34)33-18(5-4-16-12-21(16)33)14-32-22-13-17(7-10-29-22)25(26,27)28/h2-3,6-11,13,16,18,21H,4-5,12,14H2,1H3,(H,29,32)/t16-,18+,21+/m1/s1. The molecule has 2 aliphatic rings. The summed E-state index contributed by atoms with van der Waals surface area (Å²) in [6.45, 7) is 2.26. The van der Waals surface area contributed by atoms with Crippen LogP contribution in [-0.4, -0.2) is 44.4 Å². The van der Waals surface area contributed by atoms with Crippen LogP contribution < -0.4 is 5.32 Å². The minimum Gasteiger partial charge on any atom is -0.368 e. The van der Waals surface area contributed by atoms with Crippen molar-refractivity contribution in [3.63, 3.8) is 0 Å². The fraction of sp³-hybridized carbons (Fsp3) is 0.360. The molecule has 2 aromatic heterocycles. The van der Waals surface area contributed by atoms with Gasteiger partial charge in [0, 0.05) is 42.8 Å². The van der Waals surface area contributed by atoms with Crippen molar-refractivity contribution in [2.45, 2.75) is 44.4 Å². The van der Waals surface area contributed by atoms with Crippen molar-refractivity contribution in [1.29, 1.82) is 0 Å². The number of anilines is 1. The number of aromatic nitrogens is 3. The predicted molar refractivity (Wildman–Crippen MR) is 121 cm³/mol. The van der Waals surface area contributed by atoms with Gasteiger partial charge in [0.2, 0.25) is 0 Å². The summed E-state index contributed by atoms with van der Waals surface area (Å²) in [5.41, 5.74) is 1.41. The molecule has 5 rings (SSSR count). The Morgan fingerprint density at radius 2 is 1.88 bits per heavy atom. The van der Waals surface area contributed by atoms with Gasteiger partial charge in [0.1, 0.15) is 5.82 Å². The quantitative estimate of drug-likeness (QED) is 0.574. The highest BCUT2D eigenvalue weighted by Crippen LogP contribution is 2.46. The molecule has 1 aliphatic heterocycles. The number of hydrogen-bond donors (Lipinski definition) is 1. The van der Waals surface area contributed by atoms with E-state index >= 15 is 0 Å². The molecule has 176 valence electrons. The van der Waals surface area contributed by atoms with E-state index in [4.69, 9.17) is 0 Å². The van der Waals surface area contributed by atoms with Gasteiger partial charge in [-0.1, -0.05) is 17.7 Å². The normalized spacial score (nSPS) is 21.6. The van der Waals surface area contributed by atoms with Gasteiger partial charge in [-0.3, -0.25) is 4.79 Å². The van der Waals surface area contributed by atoms with Crippen LogP contribution in [0.3, 0.4) is 0 Å². The molecule has 1 saturated heterocycles. The highest BCUT2D eigenvalue weighted by molar-refractivity contribution is 6.01. The van der Waals surface area contributed by atoms with Gasteiger partial charge in [0.15, 0.2) is 5.82 Å². The number of rotatable bonds is 5. The lowest BCUT2D eigenvalue weighted by Crippen LogP contribution is -2.48. The number of likely N-dealkylation sites (tertiary alicyclic amines) is 1. The van der Waals surface area contributed by atoms with Crippen LogP contribution in [0.15, 0.2) is 55.0 Å². The van der Waals surface area contributed by atoms with E-state index in [9.17, 15) is 18.0 Å². The Kier molecular flexibility index (Phi) is 5.71. The number of nitrogens with one attached hydrogen (secondary N) is 1. The van der Waals surface area contributed by atoms with Crippen LogP contribution in [0.5, 0.6) is 0 Å². The second-order valence-corrected chi connectivity index (χ2v) is 8.94. The molecule has 3 atom stereocenters. The molecule has 1 saturated carbocycles. The number of halogens is 3. The Morgan fingerprint density at radius 3 is 2.65 bits per heavy atom. The van der Waals surface area contributed by atoms with Gasteiger partial charge < -0.3 is 10.2 Å². The second-order valence-electron chi connectivity index (χ2n) is 8.94. The largest absolute Gasteiger partial charge is 0.416 e. The topological polar surface area (TPSA) is 71.0 Å². The lowest BCUT2D eigenvalue weighted by molar-refractivity contribution is -0.137. The third-order valence-corrected chi connectivity index (χ3v) is 6.56. The third-order valence-electron chi connectivity index (χ3n) is 6.56. The van der Waals surface area contributed by atoms with Crippen molar-refractivity contribution in [1.82, 2.24) is 19.9 Å². The van der Waals surface area contributed by atoms with Crippen LogP contribution >= 0.6 is 0 Å². The van der Waals surface area contributed by atoms with Crippen molar-refractivity contribution in [3.8, 4) is 11.4 Å². The number of pyridine rings is 1. The van der Waals surface area contributed by atoms with E-state index in [2.05, 4.69) is 20.3 Å². The van der Waals surface area contributed by atoms with E-state index in [1.807, 2.05) is 30.0 Å². The molecular formula is C25H24F3N5O. The van der Waals surface area contributed by atoms with Crippen molar-refractivity contribution in [3.05, 3.63) is 71.7 Å². The summed E-state index contributed by atoms with van der Waals surface area (Å²) in [5, 5.41) is 3.03. The molecule has 0 bridgehead atoms. The molecule has 1 amide bonds. The number of aryl methyl sites for hydroxylation is 1. The number of carbonyl (C=O) groups is 1. The molecule has 6 nitrogen and oxygen atoms in total. The maximum Gasteiger partial charge on any atom is 0.416 e. The number of hydrogen-bond acceptors (Lipinski definition) is 5. The minimum atomic E-state index is -4.44. The van der Waals surface area contributed by atoms with Gasteiger partial charge >= 0.3 is 6.18 Å². The second kappa shape index (κ2) is 8.70. The first-order valence-corrected chi connectivity index (χ1v) is 11.3. The first-order chi connectivity index (χ1) is 16.3. The molecule has 3 aromatic rings. The first kappa shape index (κ1) is 22.3. The molecule has 0 spiro atoms. The maximum absolute atomic E-state index is 13.9. The van der Waals surface area contributed by atoms with Crippen LogP contribution in [0.4, 0.5) is 19.0 Å². The van der Waals surface area contributed by atoms with Crippen molar-refractivity contribution >= 4 is 11.7 Å². The fourth-order valence-electron chi connectivity index (χ4n) is 4.75. The highest BCUT2D eigenvalue weighted by atomic mass is 19.4. The fourth-order valence-corrected chi connectivity index (χ4v) is 4.75. The Morgan fingerprint density at radius 1 is 1.09 bits per heavy atom. The van der Waals surface area contributed by atoms with E-state index in [0.717, 1.165) is 43.2 Å². The summed E-state index contributed by atoms with van der Waals surface area (Å²) in [4.78, 5) is 28.5. The van der Waals surface area contributed by atoms with Crippen LogP contribution in [0, 0.1) is 12.8 Å². The Bertz CT molecular complexity index is 1200. The lowest BCUT2D eigenvalue weighted by Gasteiger charge is -2.36. The highest BCUT2D eigenvalue weighted by Gasteiger charge is 2.50. The summed E-state index contributed by atoms with van der Waals surface area (Å²) in [5.74, 6) is 1.02. The zero-order valence-electron chi connectivity index (χ0n) is 18.6. The van der Waals surface area contributed by atoms with Gasteiger partial charge in [-0.2, -0.15) is 13.2 Å². The number of benzene rings is 1. The zero-order valence-corrected chi connectivity index (χ0v) is 18.6. The predicted octanol–water partition coefficient (Wildman–Crippen LogP) is 4.97. The average molecular weight is 467 g/mol. The van der Waals surface area contributed by atoms with Crippen LogP contribution in [-0.2, 0) is 6.18 Å². The van der Waals surface area contributed by atoms with Crippen LogP contribution in [0.2, 0.25) is 0 Å². The van der Waals surface area contributed by atoms with E-state index < -0.39 is 11.7 Å². The molecular weight excluding hydrogens is 443 g/mol. The summed E-state index contributed by atoms with van der Waals surface area (Å²) in [6, 6.07) is 9.32. The number of nitrogens with zero attached hydrogens (tertiary/aromatic N) is 4. The summed E-state index contributed by atoms with van der Waals surface area (Å²) < 4.78 is 39.2. The van der Waals surface area contributed by atoms with Gasteiger partial charge in [-0.05, 0) is 56.4 Å². The number of piperidine rings is 1. The monoisotopic (exact) mass is 467 g/mol. The van der Waals surface area contributed by atoms with Crippen LogP contribution in [0.25, 0.3) is 11.4 Å². The Balaban J connectivity index is 1.41. The van der Waals surface area contributed by atoms with E-state index in [0.29, 0.717) is 29.4 Å².